The van der Waals surface area contributed by atoms with Gasteiger partial charge in [-0.25, -0.2) is 0 Å². The lowest BCUT2D eigenvalue weighted by atomic mass is 9.80. The van der Waals surface area contributed by atoms with Gasteiger partial charge >= 0.3 is 6.98 Å². The van der Waals surface area contributed by atoms with Gasteiger partial charge in [0, 0.05) is 6.54 Å². The van der Waals surface area contributed by atoms with Crippen LogP contribution < -0.4 is 0 Å². The van der Waals surface area contributed by atoms with Gasteiger partial charge in [-0.1, -0.05) is 6.92 Å². The van der Waals surface area contributed by atoms with Crippen molar-refractivity contribution in [3.63, 3.8) is 0 Å². The van der Waals surface area contributed by atoms with E-state index >= 15 is 0 Å². The molecule has 1 fully saturated rings. The summed E-state index contributed by atoms with van der Waals surface area (Å²) >= 11 is 0. The van der Waals surface area contributed by atoms with E-state index < -0.39 is 12.4 Å². The van der Waals surface area contributed by atoms with Crippen LogP contribution in [0.1, 0.15) is 19.8 Å². The lowest BCUT2D eigenvalue weighted by Gasteiger charge is -2.33. The summed E-state index contributed by atoms with van der Waals surface area (Å²) in [5.74, 6) is 0.511. The molecule has 1 atom stereocenters. The Bertz CT molecular complexity index is 215. The molecule has 0 unspecified atom stereocenters. The smallest absolute Gasteiger partial charge is 0.445 e. The second kappa shape index (κ2) is 4.38. The topological polar surface area (TPSA) is 3.24 Å². The van der Waals surface area contributed by atoms with E-state index in [4.69, 9.17) is 0 Å². The quantitative estimate of drug-likeness (QED) is 0.641. The third-order valence-corrected chi connectivity index (χ3v) is 2.63. The van der Waals surface area contributed by atoms with Gasteiger partial charge in [-0.2, -0.15) is 0 Å². The summed E-state index contributed by atoms with van der Waals surface area (Å²) in [6, 6.07) is 0. The molecule has 0 aromatic rings. The van der Waals surface area contributed by atoms with Crippen LogP contribution >= 0.6 is 0 Å². The largest absolute Gasteiger partial charge is 0.506 e. The van der Waals surface area contributed by atoms with Crippen LogP contribution in [0.5, 0.6) is 0 Å². The zero-order chi connectivity index (χ0) is 10.8. The van der Waals surface area contributed by atoms with Crippen molar-refractivity contribution in [1.82, 2.24) is 4.90 Å². The molecule has 0 aliphatic carbocycles. The molecule has 0 amide bonds. The van der Waals surface area contributed by atoms with Crippen LogP contribution in [-0.2, 0) is 0 Å². The Balaban J connectivity index is 2.40. The van der Waals surface area contributed by atoms with Gasteiger partial charge in [0.1, 0.15) is 0 Å². The number of halogens is 3. The zero-order valence-electron chi connectivity index (χ0n) is 8.48. The zero-order valence-corrected chi connectivity index (χ0v) is 8.48. The number of rotatable bonds is 3. The number of hydrogen-bond acceptors (Lipinski definition) is 1. The van der Waals surface area contributed by atoms with E-state index in [1.807, 2.05) is 4.90 Å². The lowest BCUT2D eigenvalue weighted by molar-refractivity contribution is 0.198. The monoisotopic (exact) mass is 206 g/mol. The predicted molar refractivity (Wildman–Crippen MR) is 53.1 cm³/mol. The highest BCUT2D eigenvalue weighted by Gasteiger charge is 2.28. The Kier molecular flexibility index (Phi) is 3.64. The third kappa shape index (κ3) is 3.37. The van der Waals surface area contributed by atoms with Crippen molar-refractivity contribution in [2.45, 2.75) is 19.8 Å². The van der Waals surface area contributed by atoms with Crippen LogP contribution in [0.25, 0.3) is 0 Å². The molecule has 0 aromatic heterocycles. The molecule has 0 aromatic carbocycles. The summed E-state index contributed by atoms with van der Waals surface area (Å²) in [4.78, 5) is 1.85. The fourth-order valence-electron chi connectivity index (χ4n) is 1.82. The first-order valence-electron chi connectivity index (χ1n) is 4.99. The molecule has 1 heterocycles. The minimum atomic E-state index is -4.85. The second-order valence-corrected chi connectivity index (χ2v) is 4.22. The van der Waals surface area contributed by atoms with E-state index in [1.165, 1.54) is 0 Å². The highest BCUT2D eigenvalue weighted by Crippen LogP contribution is 2.22. The third-order valence-electron chi connectivity index (χ3n) is 2.63. The molecule has 1 saturated heterocycles. The van der Waals surface area contributed by atoms with E-state index in [-0.39, 0.29) is 6.54 Å². The van der Waals surface area contributed by atoms with Crippen molar-refractivity contribution >= 4 is 6.98 Å². The first-order valence-corrected chi connectivity index (χ1v) is 4.99. The van der Waals surface area contributed by atoms with Crippen LogP contribution in [0.15, 0.2) is 12.1 Å². The minimum Gasteiger partial charge on any atom is -0.445 e. The predicted octanol–water partition coefficient (Wildman–Crippen LogP) is 2.66. The maximum atomic E-state index is 12.2. The second-order valence-electron chi connectivity index (χ2n) is 4.22. The first-order chi connectivity index (χ1) is 6.39. The van der Waals surface area contributed by atoms with E-state index in [2.05, 4.69) is 13.5 Å². The molecule has 0 bridgehead atoms. The van der Waals surface area contributed by atoms with Crippen molar-refractivity contribution < 1.29 is 12.9 Å². The SMILES string of the molecule is C=C(CN1CCC[C@H](C)C1)[B-](F)(F)F. The number of hydrogen-bond donors (Lipinski definition) is 0. The molecule has 0 saturated carbocycles. The van der Waals surface area contributed by atoms with E-state index in [9.17, 15) is 12.9 Å². The highest BCUT2D eigenvalue weighted by atomic mass is 19.4. The Morgan fingerprint density at radius 3 is 2.64 bits per heavy atom. The van der Waals surface area contributed by atoms with Crippen LogP contribution in [0, 0.1) is 5.92 Å². The molecule has 0 radical (unpaired) electrons. The van der Waals surface area contributed by atoms with Crippen LogP contribution in [0.3, 0.4) is 0 Å². The average Bonchev–Trinajstić information content (AvgIpc) is 2.02. The fourth-order valence-corrected chi connectivity index (χ4v) is 1.82. The summed E-state index contributed by atoms with van der Waals surface area (Å²) < 4.78 is 36.7. The molecule has 82 valence electrons. The van der Waals surface area contributed by atoms with E-state index in [0.29, 0.717) is 5.92 Å². The lowest BCUT2D eigenvalue weighted by Crippen LogP contribution is -2.38. The van der Waals surface area contributed by atoms with Crippen molar-refractivity contribution in [2.75, 3.05) is 19.6 Å². The maximum Gasteiger partial charge on any atom is 0.506 e. The summed E-state index contributed by atoms with van der Waals surface area (Å²) in [7, 11) is 0. The fraction of sp³-hybridized carbons (Fsp3) is 0.778. The minimum absolute atomic E-state index is 0.00611. The number of likely N-dealkylation sites (tertiary alicyclic amines) is 1. The Morgan fingerprint density at radius 2 is 2.14 bits per heavy atom. The van der Waals surface area contributed by atoms with Gasteiger partial charge in [0.05, 0.1) is 0 Å². The molecule has 14 heavy (non-hydrogen) atoms. The molecule has 1 rings (SSSR count). The standard InChI is InChI=1S/C9H16BF3N/c1-8-4-3-5-14(6-8)7-9(2)10(11,12)13/h8H,2-7H2,1H3/q-1/t8-/m0/s1. The van der Waals surface area contributed by atoms with Gasteiger partial charge in [0.25, 0.3) is 0 Å². The van der Waals surface area contributed by atoms with Crippen molar-refractivity contribution in [3.05, 3.63) is 12.1 Å². The van der Waals surface area contributed by atoms with E-state index in [0.717, 1.165) is 25.9 Å². The van der Waals surface area contributed by atoms with Crippen LogP contribution in [0.2, 0.25) is 0 Å². The normalized spacial score (nSPS) is 25.0. The van der Waals surface area contributed by atoms with Gasteiger partial charge < -0.3 is 17.8 Å². The molecular formula is C9H16BF3N-. The van der Waals surface area contributed by atoms with Crippen molar-refractivity contribution in [2.24, 2.45) is 5.92 Å². The van der Waals surface area contributed by atoms with Gasteiger partial charge in [-0.3, -0.25) is 0 Å². The highest BCUT2D eigenvalue weighted by molar-refractivity contribution is 6.66. The van der Waals surface area contributed by atoms with Crippen LogP contribution in [-0.4, -0.2) is 31.5 Å². The van der Waals surface area contributed by atoms with Gasteiger partial charge in [0.2, 0.25) is 0 Å². The molecule has 0 N–H and O–H groups in total. The molecule has 1 nitrogen and oxygen atoms in total. The molecule has 5 heteroatoms. The summed E-state index contributed by atoms with van der Waals surface area (Å²) in [6.07, 6.45) is 2.12. The number of nitrogens with zero attached hydrogens (tertiary/aromatic N) is 1. The first kappa shape index (κ1) is 11.6. The van der Waals surface area contributed by atoms with Crippen LogP contribution in [0.4, 0.5) is 12.9 Å². The maximum absolute atomic E-state index is 12.2. The van der Waals surface area contributed by atoms with Gasteiger partial charge in [0.15, 0.2) is 0 Å². The number of piperidine rings is 1. The Morgan fingerprint density at radius 1 is 1.50 bits per heavy atom. The Hall–Kier alpha value is -0.445. The molecule has 0 spiro atoms. The van der Waals surface area contributed by atoms with Crippen molar-refractivity contribution in [1.29, 1.82) is 0 Å². The summed E-state index contributed by atoms with van der Waals surface area (Å²) in [5.41, 5.74) is -0.570. The summed E-state index contributed by atoms with van der Waals surface area (Å²) in [5, 5.41) is 0. The van der Waals surface area contributed by atoms with Gasteiger partial charge in [-0.05, 0) is 31.8 Å². The van der Waals surface area contributed by atoms with Gasteiger partial charge in [-0.15, -0.1) is 12.1 Å². The summed E-state index contributed by atoms with van der Waals surface area (Å²) in [6.45, 7) is 1.87. The average molecular weight is 206 g/mol. The van der Waals surface area contributed by atoms with Crippen molar-refractivity contribution in [3.8, 4) is 0 Å². The Labute approximate surface area is 83.0 Å². The molecule has 1 aliphatic heterocycles. The molecule has 1 aliphatic rings. The van der Waals surface area contributed by atoms with E-state index in [1.54, 1.807) is 0 Å². The molecular weight excluding hydrogens is 190 g/mol.